The summed E-state index contributed by atoms with van der Waals surface area (Å²) in [4.78, 5) is 12.9. The Balaban J connectivity index is 4.52. The third-order valence-corrected chi connectivity index (χ3v) is 2.28. The molecule has 0 radical (unpaired) electrons. The van der Waals surface area contributed by atoms with E-state index >= 15 is 0 Å². The van der Waals surface area contributed by atoms with Crippen LogP contribution in [0, 0.1) is 0 Å². The van der Waals surface area contributed by atoms with Crippen LogP contribution in [0.2, 0.25) is 0 Å². The predicted molar refractivity (Wildman–Crippen MR) is 59.9 cm³/mol. The molecule has 0 aliphatic rings. The molecule has 0 bridgehead atoms. The summed E-state index contributed by atoms with van der Waals surface area (Å²) in [5, 5.41) is 18.8. The highest BCUT2D eigenvalue weighted by atomic mass is 16.4. The van der Waals surface area contributed by atoms with Crippen LogP contribution in [-0.4, -0.2) is 45.8 Å². The van der Waals surface area contributed by atoms with Crippen molar-refractivity contribution in [3.8, 4) is 0 Å². The van der Waals surface area contributed by atoms with Crippen molar-refractivity contribution in [3.63, 3.8) is 0 Å². The molecule has 2 N–H and O–H groups in total. The van der Waals surface area contributed by atoms with Crippen molar-refractivity contribution in [2.75, 3.05) is 13.1 Å². The van der Waals surface area contributed by atoms with Gasteiger partial charge in [0.1, 0.15) is 6.04 Å². The number of hydrogen-bond donors (Lipinski definition) is 2. The molecule has 0 amide bonds. The maximum atomic E-state index is 11.1. The Labute approximate surface area is 91.9 Å². The molecular weight excluding hydrogens is 194 g/mol. The van der Waals surface area contributed by atoms with Crippen LogP contribution >= 0.6 is 0 Å². The first-order valence-corrected chi connectivity index (χ1v) is 5.51. The number of carbonyl (C=O) groups is 1. The summed E-state index contributed by atoms with van der Waals surface area (Å²) in [5.41, 5.74) is -0.850. The molecule has 4 nitrogen and oxygen atoms in total. The molecule has 0 fully saturated rings. The van der Waals surface area contributed by atoms with Gasteiger partial charge in [-0.3, -0.25) is 9.69 Å². The smallest absolute Gasteiger partial charge is 0.320 e. The van der Waals surface area contributed by atoms with Crippen LogP contribution in [0.5, 0.6) is 0 Å². The van der Waals surface area contributed by atoms with Gasteiger partial charge < -0.3 is 10.2 Å². The van der Waals surface area contributed by atoms with Gasteiger partial charge in [-0.15, -0.1) is 0 Å². The first kappa shape index (κ1) is 14.4. The van der Waals surface area contributed by atoms with Crippen LogP contribution in [0.3, 0.4) is 0 Å². The normalized spacial score (nSPS) is 14.3. The summed E-state index contributed by atoms with van der Waals surface area (Å²) in [6.45, 7) is 8.30. The summed E-state index contributed by atoms with van der Waals surface area (Å²) in [7, 11) is 0. The van der Waals surface area contributed by atoms with Gasteiger partial charge in [0.05, 0.1) is 5.60 Å². The van der Waals surface area contributed by atoms with E-state index in [0.29, 0.717) is 19.5 Å². The zero-order chi connectivity index (χ0) is 12.1. The molecule has 0 saturated carbocycles. The van der Waals surface area contributed by atoms with Gasteiger partial charge in [0.2, 0.25) is 0 Å². The first-order valence-electron chi connectivity index (χ1n) is 5.51. The number of carboxylic acid groups (broad SMARTS) is 1. The van der Waals surface area contributed by atoms with Gasteiger partial charge in [0, 0.05) is 6.54 Å². The number of rotatable bonds is 7. The number of likely N-dealkylation sites (N-methyl/N-ethyl adjacent to an activating group) is 1. The Bertz CT molecular complexity index is 198. The van der Waals surface area contributed by atoms with E-state index in [1.807, 2.05) is 18.7 Å². The minimum Gasteiger partial charge on any atom is -0.480 e. The molecule has 0 rings (SSSR count). The molecule has 0 spiro atoms. The van der Waals surface area contributed by atoms with Crippen molar-refractivity contribution in [1.29, 1.82) is 0 Å². The molecule has 1 atom stereocenters. The van der Waals surface area contributed by atoms with Crippen LogP contribution < -0.4 is 0 Å². The van der Waals surface area contributed by atoms with Gasteiger partial charge in [-0.1, -0.05) is 20.3 Å². The van der Waals surface area contributed by atoms with E-state index < -0.39 is 17.6 Å². The summed E-state index contributed by atoms with van der Waals surface area (Å²) in [6.07, 6.45) is 1.46. The van der Waals surface area contributed by atoms with Crippen LogP contribution in [-0.2, 0) is 4.79 Å². The lowest BCUT2D eigenvalue weighted by atomic mass is 10.1. The fourth-order valence-electron chi connectivity index (χ4n) is 1.68. The van der Waals surface area contributed by atoms with E-state index in [9.17, 15) is 9.90 Å². The van der Waals surface area contributed by atoms with E-state index in [0.717, 1.165) is 6.42 Å². The Morgan fingerprint density at radius 3 is 2.20 bits per heavy atom. The third kappa shape index (κ3) is 5.74. The number of nitrogens with zero attached hydrogens (tertiary/aromatic N) is 1. The zero-order valence-corrected chi connectivity index (χ0v) is 10.2. The molecule has 4 heteroatoms. The van der Waals surface area contributed by atoms with Crippen molar-refractivity contribution in [2.45, 2.75) is 52.2 Å². The minimum absolute atomic E-state index is 0.389. The molecule has 0 aliphatic heterocycles. The SMILES string of the molecule is CCCC(C(=O)O)N(CC)CC(C)(C)O. The largest absolute Gasteiger partial charge is 0.480 e. The molecule has 15 heavy (non-hydrogen) atoms. The molecule has 90 valence electrons. The van der Waals surface area contributed by atoms with Crippen LogP contribution in [0.15, 0.2) is 0 Å². The predicted octanol–water partition coefficient (Wildman–Crippen LogP) is 1.33. The molecule has 0 saturated heterocycles. The average molecular weight is 217 g/mol. The second-order valence-corrected chi connectivity index (χ2v) is 4.52. The fraction of sp³-hybridized carbons (Fsp3) is 0.909. The van der Waals surface area contributed by atoms with E-state index in [1.54, 1.807) is 13.8 Å². The second kappa shape index (κ2) is 6.08. The number of carboxylic acids is 1. The van der Waals surface area contributed by atoms with Gasteiger partial charge in [-0.25, -0.2) is 0 Å². The highest BCUT2D eigenvalue weighted by Gasteiger charge is 2.27. The van der Waals surface area contributed by atoms with Gasteiger partial charge >= 0.3 is 5.97 Å². The van der Waals surface area contributed by atoms with E-state index in [-0.39, 0.29) is 0 Å². The Kier molecular flexibility index (Phi) is 5.83. The fourth-order valence-corrected chi connectivity index (χ4v) is 1.68. The van der Waals surface area contributed by atoms with Crippen LogP contribution in [0.4, 0.5) is 0 Å². The summed E-state index contributed by atoms with van der Waals surface area (Å²) in [5.74, 6) is -0.803. The number of aliphatic carboxylic acids is 1. The van der Waals surface area contributed by atoms with Gasteiger partial charge in [0.25, 0.3) is 0 Å². The summed E-state index contributed by atoms with van der Waals surface area (Å²) >= 11 is 0. The number of hydrogen-bond acceptors (Lipinski definition) is 3. The Morgan fingerprint density at radius 2 is 1.93 bits per heavy atom. The number of aliphatic hydroxyl groups is 1. The van der Waals surface area contributed by atoms with Crippen molar-refractivity contribution >= 4 is 5.97 Å². The maximum absolute atomic E-state index is 11.1. The van der Waals surface area contributed by atoms with Gasteiger partial charge in [0.15, 0.2) is 0 Å². The van der Waals surface area contributed by atoms with Gasteiger partial charge in [-0.2, -0.15) is 0 Å². The molecule has 0 heterocycles. The standard InChI is InChI=1S/C11H23NO3/c1-5-7-9(10(13)14)12(6-2)8-11(3,4)15/h9,15H,5-8H2,1-4H3,(H,13,14). The second-order valence-electron chi connectivity index (χ2n) is 4.52. The molecule has 0 aromatic rings. The van der Waals surface area contributed by atoms with Crippen molar-refractivity contribution in [2.24, 2.45) is 0 Å². The summed E-state index contributed by atoms with van der Waals surface area (Å²) < 4.78 is 0. The van der Waals surface area contributed by atoms with Crippen molar-refractivity contribution in [3.05, 3.63) is 0 Å². The molecule has 1 unspecified atom stereocenters. The highest BCUT2D eigenvalue weighted by molar-refractivity contribution is 5.73. The highest BCUT2D eigenvalue weighted by Crippen LogP contribution is 2.12. The zero-order valence-electron chi connectivity index (χ0n) is 10.2. The van der Waals surface area contributed by atoms with E-state index in [2.05, 4.69) is 0 Å². The van der Waals surface area contributed by atoms with Crippen LogP contribution in [0.25, 0.3) is 0 Å². The third-order valence-electron chi connectivity index (χ3n) is 2.28. The Morgan fingerprint density at radius 1 is 1.40 bits per heavy atom. The molecule has 0 aromatic heterocycles. The van der Waals surface area contributed by atoms with Crippen LogP contribution in [0.1, 0.15) is 40.5 Å². The first-order chi connectivity index (χ1) is 6.81. The maximum Gasteiger partial charge on any atom is 0.320 e. The van der Waals surface area contributed by atoms with Crippen molar-refractivity contribution < 1.29 is 15.0 Å². The van der Waals surface area contributed by atoms with E-state index in [4.69, 9.17) is 5.11 Å². The lowest BCUT2D eigenvalue weighted by Gasteiger charge is -2.32. The lowest BCUT2D eigenvalue weighted by molar-refractivity contribution is -0.144. The average Bonchev–Trinajstić information content (AvgIpc) is 2.08. The molecule has 0 aliphatic carbocycles. The summed E-state index contributed by atoms with van der Waals surface area (Å²) in [6, 6.07) is -0.480. The monoisotopic (exact) mass is 217 g/mol. The minimum atomic E-state index is -0.850. The Hall–Kier alpha value is -0.610. The van der Waals surface area contributed by atoms with E-state index in [1.165, 1.54) is 0 Å². The quantitative estimate of drug-likeness (QED) is 0.675. The topological polar surface area (TPSA) is 60.8 Å². The molecular formula is C11H23NO3. The van der Waals surface area contributed by atoms with Gasteiger partial charge in [-0.05, 0) is 26.8 Å². The molecule has 0 aromatic carbocycles. The van der Waals surface area contributed by atoms with Crippen molar-refractivity contribution in [1.82, 2.24) is 4.90 Å². The lowest BCUT2D eigenvalue weighted by Crippen LogP contribution is -2.47.